The number of aromatic hydroxyl groups is 1. The second-order valence-corrected chi connectivity index (χ2v) is 4.28. The number of carbonyl (C=O) groups is 2. The van der Waals surface area contributed by atoms with Crippen LogP contribution in [0.5, 0.6) is 5.75 Å². The van der Waals surface area contributed by atoms with Crippen LogP contribution in [0.3, 0.4) is 0 Å². The summed E-state index contributed by atoms with van der Waals surface area (Å²) in [6.45, 7) is 2.38. The Balaban J connectivity index is 2.75. The lowest BCUT2D eigenvalue weighted by Gasteiger charge is -2.18. The first-order chi connectivity index (χ1) is 8.24. The fraction of sp³-hybridized carbons (Fsp3) is 0.333. The summed E-state index contributed by atoms with van der Waals surface area (Å²) < 4.78 is 0. The molecular formula is C12H15NO5. The molecule has 0 aromatic heterocycles. The smallest absolute Gasteiger partial charge is 0.337 e. The van der Waals surface area contributed by atoms with E-state index in [1.165, 1.54) is 12.1 Å². The highest BCUT2D eigenvalue weighted by Crippen LogP contribution is 2.18. The van der Waals surface area contributed by atoms with Crippen molar-refractivity contribution in [3.05, 3.63) is 29.3 Å². The van der Waals surface area contributed by atoms with Crippen molar-refractivity contribution < 1.29 is 24.9 Å². The number of rotatable bonds is 4. The van der Waals surface area contributed by atoms with Gasteiger partial charge in [-0.25, -0.2) is 4.79 Å². The SMILES string of the molecule is Cc1ccc(C(=O)NCC(C)(O)C(=O)O)c(O)c1. The van der Waals surface area contributed by atoms with Gasteiger partial charge in [0.25, 0.3) is 5.91 Å². The maximum absolute atomic E-state index is 11.7. The number of nitrogens with one attached hydrogen (secondary N) is 1. The number of hydrogen-bond acceptors (Lipinski definition) is 4. The molecule has 18 heavy (non-hydrogen) atoms. The summed E-state index contributed by atoms with van der Waals surface area (Å²) in [6.07, 6.45) is 0. The first-order valence-electron chi connectivity index (χ1n) is 5.27. The monoisotopic (exact) mass is 253 g/mol. The number of aliphatic carboxylic acids is 1. The van der Waals surface area contributed by atoms with Crippen molar-refractivity contribution in [1.29, 1.82) is 0 Å². The number of carbonyl (C=O) groups excluding carboxylic acids is 1. The largest absolute Gasteiger partial charge is 0.507 e. The van der Waals surface area contributed by atoms with Crippen LogP contribution < -0.4 is 5.32 Å². The lowest BCUT2D eigenvalue weighted by molar-refractivity contribution is -0.155. The second kappa shape index (κ2) is 5.05. The standard InChI is InChI=1S/C12H15NO5/c1-7-3-4-8(9(14)5-7)10(15)13-6-12(2,18)11(16)17/h3-5,14,18H,6H2,1-2H3,(H,13,15)(H,16,17). The number of aryl methyl sites for hydroxylation is 1. The van der Waals surface area contributed by atoms with Crippen molar-refractivity contribution in [2.24, 2.45) is 0 Å². The highest BCUT2D eigenvalue weighted by molar-refractivity contribution is 5.97. The lowest BCUT2D eigenvalue weighted by Crippen LogP contribution is -2.46. The van der Waals surface area contributed by atoms with Gasteiger partial charge in [0.2, 0.25) is 0 Å². The molecule has 1 unspecified atom stereocenters. The van der Waals surface area contributed by atoms with E-state index in [0.29, 0.717) is 0 Å². The molecule has 0 heterocycles. The van der Waals surface area contributed by atoms with Gasteiger partial charge in [-0.2, -0.15) is 0 Å². The number of carboxylic acid groups (broad SMARTS) is 1. The number of aliphatic hydroxyl groups is 1. The summed E-state index contributed by atoms with van der Waals surface area (Å²) in [5, 5.41) is 29.9. The second-order valence-electron chi connectivity index (χ2n) is 4.28. The topological polar surface area (TPSA) is 107 Å². The molecule has 0 radical (unpaired) electrons. The number of phenolic OH excluding ortho intramolecular Hbond substituents is 1. The molecule has 0 aliphatic carbocycles. The van der Waals surface area contributed by atoms with E-state index in [0.717, 1.165) is 12.5 Å². The van der Waals surface area contributed by atoms with E-state index < -0.39 is 24.0 Å². The Hall–Kier alpha value is -2.08. The van der Waals surface area contributed by atoms with Gasteiger partial charge in [-0.1, -0.05) is 6.07 Å². The Morgan fingerprint density at radius 1 is 1.39 bits per heavy atom. The minimum absolute atomic E-state index is 0.0294. The summed E-state index contributed by atoms with van der Waals surface area (Å²) in [5.41, 5.74) is -1.22. The molecule has 6 heteroatoms. The minimum Gasteiger partial charge on any atom is -0.507 e. The van der Waals surface area contributed by atoms with E-state index in [-0.39, 0.29) is 11.3 Å². The van der Waals surface area contributed by atoms with E-state index >= 15 is 0 Å². The average Bonchev–Trinajstić information content (AvgIpc) is 2.25. The molecule has 0 aliphatic rings. The zero-order valence-electron chi connectivity index (χ0n) is 10.1. The third-order valence-electron chi connectivity index (χ3n) is 2.45. The van der Waals surface area contributed by atoms with Crippen molar-refractivity contribution in [2.75, 3.05) is 6.54 Å². The van der Waals surface area contributed by atoms with Gasteiger partial charge < -0.3 is 20.6 Å². The van der Waals surface area contributed by atoms with Gasteiger partial charge in [0.05, 0.1) is 12.1 Å². The quantitative estimate of drug-likeness (QED) is 0.616. The molecule has 1 aromatic carbocycles. The predicted molar refractivity (Wildman–Crippen MR) is 63.4 cm³/mol. The summed E-state index contributed by atoms with van der Waals surface area (Å²) in [4.78, 5) is 22.3. The van der Waals surface area contributed by atoms with Crippen LogP contribution in [0.4, 0.5) is 0 Å². The molecule has 0 fully saturated rings. The minimum atomic E-state index is -2.05. The molecule has 0 bridgehead atoms. The maximum atomic E-state index is 11.7. The Morgan fingerprint density at radius 3 is 2.50 bits per heavy atom. The van der Waals surface area contributed by atoms with Gasteiger partial charge in [0.1, 0.15) is 5.75 Å². The van der Waals surface area contributed by atoms with Crippen LogP contribution in [0.1, 0.15) is 22.8 Å². The van der Waals surface area contributed by atoms with E-state index in [2.05, 4.69) is 5.32 Å². The van der Waals surface area contributed by atoms with Gasteiger partial charge in [-0.05, 0) is 31.5 Å². The normalized spacial score (nSPS) is 13.7. The first kappa shape index (κ1) is 14.0. The molecule has 98 valence electrons. The first-order valence-corrected chi connectivity index (χ1v) is 5.27. The Labute approximate surface area is 104 Å². The molecule has 1 amide bonds. The molecule has 0 aliphatic heterocycles. The van der Waals surface area contributed by atoms with Crippen molar-refractivity contribution in [3.8, 4) is 5.75 Å². The van der Waals surface area contributed by atoms with Crippen LogP contribution in [-0.2, 0) is 4.79 Å². The molecule has 0 spiro atoms. The third kappa shape index (κ3) is 3.21. The van der Waals surface area contributed by atoms with Crippen molar-refractivity contribution in [3.63, 3.8) is 0 Å². The molecule has 1 rings (SSSR count). The summed E-state index contributed by atoms with van der Waals surface area (Å²) >= 11 is 0. The van der Waals surface area contributed by atoms with Crippen LogP contribution in [0.15, 0.2) is 18.2 Å². The third-order valence-corrected chi connectivity index (χ3v) is 2.45. The van der Waals surface area contributed by atoms with Crippen molar-refractivity contribution >= 4 is 11.9 Å². The number of phenols is 1. The molecule has 1 aromatic rings. The van der Waals surface area contributed by atoms with E-state index in [9.17, 15) is 19.8 Å². The number of benzene rings is 1. The fourth-order valence-corrected chi connectivity index (χ4v) is 1.26. The Bertz CT molecular complexity index is 481. The van der Waals surface area contributed by atoms with Gasteiger partial charge >= 0.3 is 5.97 Å². The highest BCUT2D eigenvalue weighted by Gasteiger charge is 2.30. The van der Waals surface area contributed by atoms with Crippen LogP contribution in [0.25, 0.3) is 0 Å². The maximum Gasteiger partial charge on any atom is 0.337 e. The van der Waals surface area contributed by atoms with Crippen molar-refractivity contribution in [1.82, 2.24) is 5.32 Å². The average molecular weight is 253 g/mol. The summed E-state index contributed by atoms with van der Waals surface area (Å²) in [7, 11) is 0. The summed E-state index contributed by atoms with van der Waals surface area (Å²) in [5.74, 6) is -2.27. The fourth-order valence-electron chi connectivity index (χ4n) is 1.26. The summed E-state index contributed by atoms with van der Waals surface area (Å²) in [6, 6.07) is 4.49. The molecule has 6 nitrogen and oxygen atoms in total. The van der Waals surface area contributed by atoms with Crippen molar-refractivity contribution in [2.45, 2.75) is 19.4 Å². The molecular weight excluding hydrogens is 238 g/mol. The van der Waals surface area contributed by atoms with Crippen LogP contribution in [0, 0.1) is 6.92 Å². The van der Waals surface area contributed by atoms with Gasteiger partial charge in [0, 0.05) is 0 Å². The molecule has 0 saturated heterocycles. The Morgan fingerprint density at radius 2 is 2.00 bits per heavy atom. The lowest BCUT2D eigenvalue weighted by atomic mass is 10.1. The zero-order valence-corrected chi connectivity index (χ0v) is 10.1. The predicted octanol–water partition coefficient (Wildman–Crippen LogP) is 0.266. The molecule has 0 saturated carbocycles. The van der Waals surface area contributed by atoms with Crippen LogP contribution in [0.2, 0.25) is 0 Å². The molecule has 4 N–H and O–H groups in total. The van der Waals surface area contributed by atoms with E-state index in [4.69, 9.17) is 5.11 Å². The number of amides is 1. The Kier molecular flexibility index (Phi) is 3.93. The highest BCUT2D eigenvalue weighted by atomic mass is 16.4. The van der Waals surface area contributed by atoms with Gasteiger partial charge in [0.15, 0.2) is 5.60 Å². The van der Waals surface area contributed by atoms with E-state index in [1.807, 2.05) is 0 Å². The molecule has 1 atom stereocenters. The van der Waals surface area contributed by atoms with E-state index in [1.54, 1.807) is 13.0 Å². The van der Waals surface area contributed by atoms with Gasteiger partial charge in [-0.15, -0.1) is 0 Å². The van der Waals surface area contributed by atoms with Gasteiger partial charge in [-0.3, -0.25) is 4.79 Å². The number of hydrogen-bond donors (Lipinski definition) is 4. The zero-order chi connectivity index (χ0) is 13.9. The number of carboxylic acids is 1. The van der Waals surface area contributed by atoms with Crippen LogP contribution in [-0.4, -0.2) is 39.3 Å². The van der Waals surface area contributed by atoms with Crippen LogP contribution >= 0.6 is 0 Å².